The van der Waals surface area contributed by atoms with Crippen molar-refractivity contribution in [3.05, 3.63) is 0 Å². The van der Waals surface area contributed by atoms with Crippen LogP contribution in [0.4, 0.5) is 0 Å². The molecule has 4 heteroatoms. The van der Waals surface area contributed by atoms with Gasteiger partial charge in [-0.25, -0.2) is 8.42 Å². The zero-order valence-corrected chi connectivity index (χ0v) is 9.12. The lowest BCUT2D eigenvalue weighted by Gasteiger charge is -2.01. The van der Waals surface area contributed by atoms with Crippen molar-refractivity contribution in [1.29, 1.82) is 0 Å². The van der Waals surface area contributed by atoms with Crippen LogP contribution in [0.3, 0.4) is 0 Å². The van der Waals surface area contributed by atoms with Crippen molar-refractivity contribution in [3.8, 4) is 0 Å². The van der Waals surface area contributed by atoms with E-state index in [2.05, 4.69) is 0 Å². The van der Waals surface area contributed by atoms with Crippen molar-refractivity contribution >= 4 is 21.4 Å². The van der Waals surface area contributed by atoms with E-state index >= 15 is 0 Å². The van der Waals surface area contributed by atoms with E-state index in [1.54, 1.807) is 0 Å². The van der Waals surface area contributed by atoms with Crippen LogP contribution in [0.15, 0.2) is 0 Å². The van der Waals surface area contributed by atoms with E-state index in [0.717, 1.165) is 19.3 Å². The minimum Gasteiger partial charge on any atom is -0.229 e. The van der Waals surface area contributed by atoms with Crippen LogP contribution in [0.2, 0.25) is 0 Å². The highest BCUT2D eigenvalue weighted by Gasteiger charge is 2.08. The van der Waals surface area contributed by atoms with Gasteiger partial charge < -0.3 is 0 Å². The van der Waals surface area contributed by atoms with Crippen LogP contribution in [-0.2, 0) is 9.84 Å². The summed E-state index contributed by atoms with van der Waals surface area (Å²) in [5.74, 6) is 1.20. The van der Waals surface area contributed by atoms with Crippen LogP contribution in [0.5, 0.6) is 0 Å². The molecule has 0 saturated carbocycles. The molecule has 0 aromatic carbocycles. The molecule has 0 N–H and O–H groups in total. The van der Waals surface area contributed by atoms with E-state index in [1.165, 1.54) is 0 Å². The van der Waals surface area contributed by atoms with Crippen LogP contribution in [0, 0.1) is 0 Å². The molecule has 0 spiro atoms. The molecule has 0 atom stereocenters. The maximum absolute atomic E-state index is 11.2. The number of hydrogen-bond acceptors (Lipinski definition) is 2. The van der Waals surface area contributed by atoms with Gasteiger partial charge in [-0.2, -0.15) is 0 Å². The molecule has 74 valence electrons. The molecule has 0 heterocycles. The summed E-state index contributed by atoms with van der Waals surface area (Å²) in [6.45, 7) is 1.99. The Morgan fingerprint density at radius 1 is 1.08 bits per heavy atom. The number of rotatable bonds is 7. The summed E-state index contributed by atoms with van der Waals surface area (Å²) in [4.78, 5) is 0. The van der Waals surface area contributed by atoms with Crippen LogP contribution >= 0.6 is 11.6 Å². The Morgan fingerprint density at radius 3 is 2.17 bits per heavy atom. The third-order valence-electron chi connectivity index (χ3n) is 1.65. The zero-order chi connectivity index (χ0) is 9.45. The Bertz CT molecular complexity index is 187. The highest BCUT2D eigenvalue weighted by Crippen LogP contribution is 2.01. The second-order valence-corrected chi connectivity index (χ2v) is 5.58. The fourth-order valence-corrected chi connectivity index (χ4v) is 2.65. The molecule has 0 amide bonds. The fraction of sp³-hybridized carbons (Fsp3) is 1.00. The van der Waals surface area contributed by atoms with Gasteiger partial charge in [0.15, 0.2) is 0 Å². The van der Waals surface area contributed by atoms with Gasteiger partial charge in [0.05, 0.1) is 11.5 Å². The first-order valence-electron chi connectivity index (χ1n) is 4.39. The number of sulfone groups is 1. The molecule has 0 aliphatic heterocycles. The first-order valence-corrected chi connectivity index (χ1v) is 6.74. The Kier molecular flexibility index (Phi) is 6.86. The molecule has 0 fully saturated rings. The molecular weight excluding hydrogens is 196 g/mol. The van der Waals surface area contributed by atoms with Crippen LogP contribution in [0.25, 0.3) is 0 Å². The Hall–Kier alpha value is 0.240. The predicted molar refractivity (Wildman–Crippen MR) is 53.5 cm³/mol. The lowest BCUT2D eigenvalue weighted by atomic mass is 10.4. The Morgan fingerprint density at radius 2 is 1.67 bits per heavy atom. The molecule has 2 nitrogen and oxygen atoms in total. The Balaban J connectivity index is 3.58. The molecule has 0 bridgehead atoms. The summed E-state index contributed by atoms with van der Waals surface area (Å²) in [6, 6.07) is 0. The number of halogens is 1. The van der Waals surface area contributed by atoms with Crippen molar-refractivity contribution in [3.63, 3.8) is 0 Å². The van der Waals surface area contributed by atoms with Gasteiger partial charge in [-0.05, 0) is 19.3 Å². The van der Waals surface area contributed by atoms with Crippen LogP contribution in [-0.4, -0.2) is 25.8 Å². The summed E-state index contributed by atoms with van der Waals surface area (Å²) >= 11 is 5.44. The van der Waals surface area contributed by atoms with Gasteiger partial charge in [0.2, 0.25) is 0 Å². The van der Waals surface area contributed by atoms with E-state index in [0.29, 0.717) is 23.8 Å². The SMILES string of the molecule is CCCCS(=O)(=O)CCCCCl. The monoisotopic (exact) mass is 212 g/mol. The minimum atomic E-state index is -2.77. The predicted octanol–water partition coefficient (Wildman–Crippen LogP) is 2.22. The highest BCUT2D eigenvalue weighted by molar-refractivity contribution is 7.91. The van der Waals surface area contributed by atoms with E-state index in [1.807, 2.05) is 6.92 Å². The first kappa shape index (κ1) is 12.2. The molecular formula is C8H17ClO2S. The average Bonchev–Trinajstić information content (AvgIpc) is 2.01. The summed E-state index contributed by atoms with van der Waals surface area (Å²) in [5, 5.41) is 0. The van der Waals surface area contributed by atoms with Gasteiger partial charge in [-0.15, -0.1) is 11.6 Å². The van der Waals surface area contributed by atoms with Gasteiger partial charge in [0.25, 0.3) is 0 Å². The van der Waals surface area contributed by atoms with Crippen molar-refractivity contribution in [1.82, 2.24) is 0 Å². The van der Waals surface area contributed by atoms with Crippen LogP contribution in [0.1, 0.15) is 32.6 Å². The van der Waals surface area contributed by atoms with Crippen molar-refractivity contribution in [2.75, 3.05) is 17.4 Å². The molecule has 0 unspecified atom stereocenters. The summed E-state index contributed by atoms with van der Waals surface area (Å²) < 4.78 is 22.4. The zero-order valence-electron chi connectivity index (χ0n) is 7.55. The smallest absolute Gasteiger partial charge is 0.150 e. The van der Waals surface area contributed by atoms with E-state index < -0.39 is 9.84 Å². The summed E-state index contributed by atoms with van der Waals surface area (Å²) in [6.07, 6.45) is 3.22. The third-order valence-corrected chi connectivity index (χ3v) is 3.74. The van der Waals surface area contributed by atoms with E-state index in [-0.39, 0.29) is 0 Å². The summed E-state index contributed by atoms with van der Waals surface area (Å²) in [7, 11) is -2.77. The van der Waals surface area contributed by atoms with Gasteiger partial charge in [-0.3, -0.25) is 0 Å². The lowest BCUT2D eigenvalue weighted by molar-refractivity contribution is 0.589. The molecule has 0 aromatic heterocycles. The maximum Gasteiger partial charge on any atom is 0.150 e. The fourth-order valence-electron chi connectivity index (χ4n) is 0.883. The van der Waals surface area contributed by atoms with Gasteiger partial charge >= 0.3 is 0 Å². The average molecular weight is 213 g/mol. The molecule has 0 rings (SSSR count). The second-order valence-electron chi connectivity index (χ2n) is 2.90. The number of unbranched alkanes of at least 4 members (excludes halogenated alkanes) is 2. The minimum absolute atomic E-state index is 0.305. The van der Waals surface area contributed by atoms with Gasteiger partial charge in [0, 0.05) is 5.88 Å². The van der Waals surface area contributed by atoms with Crippen molar-refractivity contribution < 1.29 is 8.42 Å². The standard InChI is InChI=1S/C8H17ClO2S/c1-2-3-7-12(10,11)8-5-4-6-9/h2-8H2,1H3. The number of hydrogen-bond donors (Lipinski definition) is 0. The molecule has 0 aliphatic rings. The Labute approximate surface area is 80.2 Å². The molecule has 0 radical (unpaired) electrons. The van der Waals surface area contributed by atoms with Crippen molar-refractivity contribution in [2.45, 2.75) is 32.6 Å². The quantitative estimate of drug-likeness (QED) is 0.479. The molecule has 0 saturated heterocycles. The first-order chi connectivity index (χ1) is 5.62. The maximum atomic E-state index is 11.2. The summed E-state index contributed by atoms with van der Waals surface area (Å²) in [5.41, 5.74) is 0. The second kappa shape index (κ2) is 6.72. The molecule has 0 aliphatic carbocycles. The molecule has 0 aromatic rings. The largest absolute Gasteiger partial charge is 0.229 e. The van der Waals surface area contributed by atoms with Gasteiger partial charge in [-0.1, -0.05) is 13.3 Å². The van der Waals surface area contributed by atoms with E-state index in [4.69, 9.17) is 11.6 Å². The normalized spacial score (nSPS) is 11.8. The van der Waals surface area contributed by atoms with Crippen LogP contribution < -0.4 is 0 Å². The molecule has 12 heavy (non-hydrogen) atoms. The van der Waals surface area contributed by atoms with E-state index in [9.17, 15) is 8.42 Å². The lowest BCUT2D eigenvalue weighted by Crippen LogP contribution is -2.10. The highest BCUT2D eigenvalue weighted by atomic mass is 35.5. The topological polar surface area (TPSA) is 34.1 Å². The third kappa shape index (κ3) is 6.92. The number of alkyl halides is 1. The van der Waals surface area contributed by atoms with Crippen molar-refractivity contribution in [2.24, 2.45) is 0 Å². The van der Waals surface area contributed by atoms with Gasteiger partial charge in [0.1, 0.15) is 9.84 Å².